The molecular weight excluding hydrogens is 408 g/mol. The first-order chi connectivity index (χ1) is 15.0. The summed E-state index contributed by atoms with van der Waals surface area (Å²) in [5.74, 6) is 0.733. The maximum absolute atomic E-state index is 12.7. The monoisotopic (exact) mass is 436 g/mol. The number of nitrogens with one attached hydrogen (secondary N) is 1. The highest BCUT2D eigenvalue weighted by molar-refractivity contribution is 7.14. The Morgan fingerprint density at radius 3 is 2.23 bits per heavy atom. The lowest BCUT2D eigenvalue weighted by molar-refractivity contribution is 0.0772. The Labute approximate surface area is 187 Å². The molecule has 2 amide bonds. The maximum atomic E-state index is 12.7. The van der Waals surface area contributed by atoms with Crippen LogP contribution < -0.4 is 10.1 Å². The fraction of sp³-hybridized carbons (Fsp3) is 0.280. The van der Waals surface area contributed by atoms with Crippen LogP contribution in [0, 0.1) is 6.92 Å². The Balaban J connectivity index is 1.64. The number of rotatable bonds is 8. The lowest BCUT2D eigenvalue weighted by Crippen LogP contribution is -2.30. The fourth-order valence-corrected chi connectivity index (χ4v) is 4.34. The van der Waals surface area contributed by atoms with E-state index in [1.165, 1.54) is 11.3 Å². The van der Waals surface area contributed by atoms with Crippen LogP contribution >= 0.6 is 11.3 Å². The first-order valence-electron chi connectivity index (χ1n) is 10.4. The summed E-state index contributed by atoms with van der Waals surface area (Å²) >= 11 is 1.48. The normalized spacial score (nSPS) is 10.6. The molecule has 0 atom stereocenters. The third kappa shape index (κ3) is 5.33. The molecule has 0 aliphatic heterocycles. The molecule has 31 heavy (non-hydrogen) atoms. The molecule has 6 heteroatoms. The van der Waals surface area contributed by atoms with Crippen LogP contribution in [0.15, 0.2) is 54.6 Å². The van der Waals surface area contributed by atoms with Gasteiger partial charge in [0.1, 0.15) is 5.75 Å². The van der Waals surface area contributed by atoms with Gasteiger partial charge in [-0.15, -0.1) is 11.3 Å². The molecule has 0 bridgehead atoms. The summed E-state index contributed by atoms with van der Waals surface area (Å²) in [5.41, 5.74) is 3.73. The van der Waals surface area contributed by atoms with Crippen LogP contribution in [0.1, 0.15) is 44.3 Å². The minimum Gasteiger partial charge on any atom is -0.497 e. The Hall–Kier alpha value is -3.12. The minimum absolute atomic E-state index is 0.0284. The second-order valence-electron chi connectivity index (χ2n) is 7.17. The number of benzene rings is 2. The minimum atomic E-state index is -0.101. The molecule has 1 heterocycles. The molecule has 3 aromatic rings. The first kappa shape index (κ1) is 22.6. The van der Waals surface area contributed by atoms with Crippen molar-refractivity contribution in [1.82, 2.24) is 10.2 Å². The molecular formula is C25H28N2O3S. The number of carbonyl (C=O) groups is 2. The number of carbonyl (C=O) groups excluding carboxylic acids is 2. The highest BCUT2D eigenvalue weighted by Crippen LogP contribution is 2.32. The molecule has 0 aliphatic rings. The molecule has 0 radical (unpaired) electrons. The third-order valence-electron chi connectivity index (χ3n) is 5.25. The van der Waals surface area contributed by atoms with Crippen molar-refractivity contribution < 1.29 is 14.3 Å². The van der Waals surface area contributed by atoms with Crippen LogP contribution in [-0.2, 0) is 6.54 Å². The summed E-state index contributed by atoms with van der Waals surface area (Å²) in [5, 5.41) is 2.98. The average molecular weight is 437 g/mol. The molecule has 0 fully saturated rings. The van der Waals surface area contributed by atoms with Crippen molar-refractivity contribution in [2.75, 3.05) is 20.2 Å². The zero-order valence-corrected chi connectivity index (χ0v) is 19.2. The predicted molar refractivity (Wildman–Crippen MR) is 126 cm³/mol. The summed E-state index contributed by atoms with van der Waals surface area (Å²) in [7, 11) is 1.64. The van der Waals surface area contributed by atoms with Crippen LogP contribution in [0.2, 0.25) is 0 Å². The molecule has 0 spiro atoms. The van der Waals surface area contributed by atoms with Gasteiger partial charge in [0.15, 0.2) is 0 Å². The predicted octanol–water partition coefficient (Wildman–Crippen LogP) is 5.14. The van der Waals surface area contributed by atoms with Gasteiger partial charge in [-0.25, -0.2) is 0 Å². The van der Waals surface area contributed by atoms with E-state index in [1.807, 2.05) is 75.4 Å². The van der Waals surface area contributed by atoms with E-state index in [-0.39, 0.29) is 11.8 Å². The summed E-state index contributed by atoms with van der Waals surface area (Å²) in [6.07, 6.45) is 0. The van der Waals surface area contributed by atoms with Crippen molar-refractivity contribution in [2.24, 2.45) is 0 Å². The van der Waals surface area contributed by atoms with Crippen molar-refractivity contribution in [1.29, 1.82) is 0 Å². The van der Waals surface area contributed by atoms with Crippen molar-refractivity contribution in [2.45, 2.75) is 27.3 Å². The second-order valence-corrected chi connectivity index (χ2v) is 8.42. The molecule has 5 nitrogen and oxygen atoms in total. The smallest absolute Gasteiger partial charge is 0.261 e. The van der Waals surface area contributed by atoms with E-state index in [2.05, 4.69) is 5.32 Å². The van der Waals surface area contributed by atoms with Gasteiger partial charge in [-0.05, 0) is 67.8 Å². The van der Waals surface area contributed by atoms with Crippen LogP contribution in [0.4, 0.5) is 0 Å². The maximum Gasteiger partial charge on any atom is 0.261 e. The highest BCUT2D eigenvalue weighted by atomic mass is 32.1. The molecule has 0 saturated heterocycles. The van der Waals surface area contributed by atoms with Gasteiger partial charge in [-0.3, -0.25) is 9.59 Å². The summed E-state index contributed by atoms with van der Waals surface area (Å²) in [4.78, 5) is 28.6. The summed E-state index contributed by atoms with van der Waals surface area (Å²) in [6, 6.07) is 17.2. The molecule has 0 aliphatic carbocycles. The van der Waals surface area contributed by atoms with Gasteiger partial charge in [-0.2, -0.15) is 0 Å². The Bertz CT molecular complexity index is 1040. The average Bonchev–Trinajstić information content (AvgIpc) is 3.20. The first-order valence-corrected chi connectivity index (χ1v) is 11.2. The van der Waals surface area contributed by atoms with Gasteiger partial charge in [-0.1, -0.05) is 24.3 Å². The highest BCUT2D eigenvalue weighted by Gasteiger charge is 2.15. The molecule has 1 N–H and O–H groups in total. The lowest BCUT2D eigenvalue weighted by Gasteiger charge is -2.18. The van der Waals surface area contributed by atoms with E-state index in [1.54, 1.807) is 12.0 Å². The second kappa shape index (κ2) is 10.3. The number of ether oxygens (including phenoxy) is 1. The Kier molecular flexibility index (Phi) is 7.47. The van der Waals surface area contributed by atoms with E-state index >= 15 is 0 Å². The quantitative estimate of drug-likeness (QED) is 0.532. The van der Waals surface area contributed by atoms with E-state index in [4.69, 9.17) is 4.74 Å². The molecule has 162 valence electrons. The van der Waals surface area contributed by atoms with Gasteiger partial charge in [0, 0.05) is 30.1 Å². The van der Waals surface area contributed by atoms with Crippen molar-refractivity contribution >= 4 is 23.2 Å². The standard InChI is InChI=1S/C25H28N2O3S/c1-5-27(6-2)25(29)20-9-7-18(8-10-20)16-26-24(28)23-15-22(17(3)31-23)19-11-13-21(30-4)14-12-19/h7-15H,5-6,16H2,1-4H3,(H,26,28). The Morgan fingerprint density at radius 1 is 1.00 bits per heavy atom. The van der Waals surface area contributed by atoms with Crippen LogP contribution in [-0.4, -0.2) is 36.9 Å². The van der Waals surface area contributed by atoms with Crippen LogP contribution in [0.5, 0.6) is 5.75 Å². The number of nitrogens with zero attached hydrogens (tertiary/aromatic N) is 1. The van der Waals surface area contributed by atoms with Crippen LogP contribution in [0.25, 0.3) is 11.1 Å². The number of hydrogen-bond donors (Lipinski definition) is 1. The molecule has 0 unspecified atom stereocenters. The molecule has 0 saturated carbocycles. The van der Waals surface area contributed by atoms with Crippen molar-refractivity contribution in [3.05, 3.63) is 75.5 Å². The van der Waals surface area contributed by atoms with Gasteiger partial charge < -0.3 is 15.0 Å². The Morgan fingerprint density at radius 2 is 1.65 bits per heavy atom. The zero-order chi connectivity index (χ0) is 22.4. The number of aryl methyl sites for hydroxylation is 1. The fourth-order valence-electron chi connectivity index (χ4n) is 3.38. The van der Waals surface area contributed by atoms with Crippen molar-refractivity contribution in [3.63, 3.8) is 0 Å². The SMILES string of the molecule is CCN(CC)C(=O)c1ccc(CNC(=O)c2cc(-c3ccc(OC)cc3)c(C)s2)cc1. The topological polar surface area (TPSA) is 58.6 Å². The van der Waals surface area contributed by atoms with E-state index in [0.717, 1.165) is 27.3 Å². The van der Waals surface area contributed by atoms with Crippen molar-refractivity contribution in [3.8, 4) is 16.9 Å². The van der Waals surface area contributed by atoms with Gasteiger partial charge in [0.05, 0.1) is 12.0 Å². The largest absolute Gasteiger partial charge is 0.497 e. The third-order valence-corrected chi connectivity index (χ3v) is 6.30. The zero-order valence-electron chi connectivity index (χ0n) is 18.4. The number of thiophene rings is 1. The number of methoxy groups -OCH3 is 1. The molecule has 1 aromatic heterocycles. The number of hydrogen-bond acceptors (Lipinski definition) is 4. The van der Waals surface area contributed by atoms with E-state index in [0.29, 0.717) is 30.1 Å². The summed E-state index contributed by atoms with van der Waals surface area (Å²) < 4.78 is 5.21. The van der Waals surface area contributed by atoms with Gasteiger partial charge >= 0.3 is 0 Å². The number of amides is 2. The van der Waals surface area contributed by atoms with E-state index in [9.17, 15) is 9.59 Å². The van der Waals surface area contributed by atoms with Gasteiger partial charge in [0.2, 0.25) is 0 Å². The molecule has 3 rings (SSSR count). The lowest BCUT2D eigenvalue weighted by atomic mass is 10.1. The van der Waals surface area contributed by atoms with Gasteiger partial charge in [0.25, 0.3) is 11.8 Å². The van der Waals surface area contributed by atoms with Crippen LogP contribution in [0.3, 0.4) is 0 Å². The molecule has 2 aromatic carbocycles. The summed E-state index contributed by atoms with van der Waals surface area (Å²) in [6.45, 7) is 7.74. The van der Waals surface area contributed by atoms with E-state index < -0.39 is 0 Å².